The van der Waals surface area contributed by atoms with Gasteiger partial charge >= 0.3 is 0 Å². The van der Waals surface area contributed by atoms with Crippen molar-refractivity contribution < 1.29 is 4.79 Å². The third kappa shape index (κ3) is 2.19. The van der Waals surface area contributed by atoms with Crippen LogP contribution in [0.15, 0.2) is 0 Å². The quantitative estimate of drug-likeness (QED) is 0.583. The van der Waals surface area contributed by atoms with E-state index in [2.05, 4.69) is 24.1 Å². The van der Waals surface area contributed by atoms with Crippen LogP contribution in [-0.4, -0.2) is 37.0 Å². The largest absolute Gasteiger partial charge is 0.351 e. The van der Waals surface area contributed by atoms with Crippen LogP contribution in [0.3, 0.4) is 0 Å². The second kappa shape index (κ2) is 3.22. The Hall–Kier alpha value is -0.570. The Morgan fingerprint density at radius 2 is 2.27 bits per heavy atom. The lowest BCUT2D eigenvalue weighted by atomic mass is 10.0. The number of nitrogens with zero attached hydrogens (tertiary/aromatic N) is 1. The van der Waals surface area contributed by atoms with Crippen LogP contribution in [0.5, 0.6) is 0 Å². The number of amides is 1. The molecule has 3 heteroatoms. The van der Waals surface area contributed by atoms with E-state index >= 15 is 0 Å². The molecule has 3 nitrogen and oxygen atoms in total. The number of nitrogens with one attached hydrogen (secondary N) is 1. The fourth-order valence-electron chi connectivity index (χ4n) is 1.32. The number of carbonyl (C=O) groups is 1. The zero-order chi connectivity index (χ0) is 8.43. The molecule has 1 unspecified atom stereocenters. The van der Waals surface area contributed by atoms with E-state index in [1.54, 1.807) is 0 Å². The SMILES string of the molecule is CC(C)C1CN(C)CC(=O)N1. The minimum Gasteiger partial charge on any atom is -0.351 e. The van der Waals surface area contributed by atoms with Gasteiger partial charge in [0.05, 0.1) is 6.54 Å². The summed E-state index contributed by atoms with van der Waals surface area (Å²) < 4.78 is 0. The van der Waals surface area contributed by atoms with E-state index in [4.69, 9.17) is 0 Å². The fourth-order valence-corrected chi connectivity index (χ4v) is 1.32. The van der Waals surface area contributed by atoms with Gasteiger partial charge in [0.1, 0.15) is 0 Å². The smallest absolute Gasteiger partial charge is 0.234 e. The summed E-state index contributed by atoms with van der Waals surface area (Å²) in [5.41, 5.74) is 0. The maximum atomic E-state index is 11.0. The molecule has 1 amide bonds. The molecule has 1 rings (SSSR count). The number of carbonyl (C=O) groups excluding carboxylic acids is 1. The van der Waals surface area contributed by atoms with Crippen LogP contribution in [0.2, 0.25) is 0 Å². The zero-order valence-corrected chi connectivity index (χ0v) is 7.42. The van der Waals surface area contributed by atoms with Crippen LogP contribution in [0.1, 0.15) is 13.8 Å². The molecule has 1 N–H and O–H groups in total. The Kier molecular flexibility index (Phi) is 2.49. The average Bonchev–Trinajstić information content (AvgIpc) is 1.85. The lowest BCUT2D eigenvalue weighted by molar-refractivity contribution is -0.125. The molecule has 64 valence electrons. The summed E-state index contributed by atoms with van der Waals surface area (Å²) in [5.74, 6) is 0.680. The molecule has 0 aliphatic carbocycles. The molecule has 0 aromatic heterocycles. The molecule has 1 atom stereocenters. The van der Waals surface area contributed by atoms with Crippen LogP contribution < -0.4 is 5.32 Å². The van der Waals surface area contributed by atoms with Crippen molar-refractivity contribution in [3.05, 3.63) is 0 Å². The summed E-state index contributed by atoms with van der Waals surface area (Å²) in [6, 6.07) is 0.334. The Morgan fingerprint density at radius 1 is 1.64 bits per heavy atom. The van der Waals surface area contributed by atoms with Gasteiger partial charge < -0.3 is 5.32 Å². The molecular formula is C8H16N2O. The molecule has 1 fully saturated rings. The fraction of sp³-hybridized carbons (Fsp3) is 0.875. The van der Waals surface area contributed by atoms with Crippen molar-refractivity contribution in [3.63, 3.8) is 0 Å². The molecule has 0 aromatic rings. The molecule has 11 heavy (non-hydrogen) atoms. The van der Waals surface area contributed by atoms with E-state index in [-0.39, 0.29) is 5.91 Å². The van der Waals surface area contributed by atoms with Crippen molar-refractivity contribution in [2.45, 2.75) is 19.9 Å². The van der Waals surface area contributed by atoms with E-state index in [0.717, 1.165) is 6.54 Å². The summed E-state index contributed by atoms with van der Waals surface area (Å²) in [6.45, 7) is 5.78. The molecule has 1 aliphatic heterocycles. The van der Waals surface area contributed by atoms with Crippen LogP contribution in [0.25, 0.3) is 0 Å². The maximum Gasteiger partial charge on any atom is 0.234 e. The highest BCUT2D eigenvalue weighted by Crippen LogP contribution is 2.06. The highest BCUT2D eigenvalue weighted by molar-refractivity contribution is 5.79. The third-order valence-corrected chi connectivity index (χ3v) is 2.07. The first-order valence-electron chi connectivity index (χ1n) is 4.07. The maximum absolute atomic E-state index is 11.0. The Labute approximate surface area is 67.8 Å². The van der Waals surface area contributed by atoms with Crippen LogP contribution >= 0.6 is 0 Å². The zero-order valence-electron chi connectivity index (χ0n) is 7.42. The number of likely N-dealkylation sites (N-methyl/N-ethyl adjacent to an activating group) is 1. The van der Waals surface area contributed by atoms with E-state index in [1.165, 1.54) is 0 Å². The first-order valence-corrected chi connectivity index (χ1v) is 4.07. The predicted molar refractivity (Wildman–Crippen MR) is 44.3 cm³/mol. The van der Waals surface area contributed by atoms with Gasteiger partial charge in [0.15, 0.2) is 0 Å². The Bertz CT molecular complexity index is 156. The summed E-state index contributed by atoms with van der Waals surface area (Å²) in [4.78, 5) is 13.1. The molecule has 1 aliphatic rings. The van der Waals surface area contributed by atoms with Crippen molar-refractivity contribution >= 4 is 5.91 Å². The van der Waals surface area contributed by atoms with Gasteiger partial charge in [0.25, 0.3) is 0 Å². The number of piperazine rings is 1. The van der Waals surface area contributed by atoms with Gasteiger partial charge in [-0.25, -0.2) is 0 Å². The second-order valence-corrected chi connectivity index (χ2v) is 3.61. The lowest BCUT2D eigenvalue weighted by Crippen LogP contribution is -2.54. The highest BCUT2D eigenvalue weighted by atomic mass is 16.2. The normalized spacial score (nSPS) is 27.3. The molecule has 0 aromatic carbocycles. The summed E-state index contributed by atoms with van der Waals surface area (Å²) in [6.07, 6.45) is 0. The molecule has 1 saturated heterocycles. The van der Waals surface area contributed by atoms with Gasteiger partial charge in [-0.1, -0.05) is 13.8 Å². The van der Waals surface area contributed by atoms with E-state index < -0.39 is 0 Å². The van der Waals surface area contributed by atoms with Gasteiger partial charge in [-0.3, -0.25) is 9.69 Å². The van der Waals surface area contributed by atoms with E-state index in [0.29, 0.717) is 18.5 Å². The highest BCUT2D eigenvalue weighted by Gasteiger charge is 2.23. The molecule has 0 spiro atoms. The Morgan fingerprint density at radius 3 is 2.73 bits per heavy atom. The van der Waals surface area contributed by atoms with E-state index in [1.807, 2.05) is 7.05 Å². The first kappa shape index (κ1) is 8.53. The van der Waals surface area contributed by atoms with Gasteiger partial charge in [-0.05, 0) is 13.0 Å². The molecule has 0 bridgehead atoms. The van der Waals surface area contributed by atoms with Crippen molar-refractivity contribution in [1.82, 2.24) is 10.2 Å². The minimum absolute atomic E-state index is 0.150. The van der Waals surface area contributed by atoms with Gasteiger partial charge in [0, 0.05) is 12.6 Å². The standard InChI is InChI=1S/C8H16N2O/c1-6(2)7-4-10(3)5-8(11)9-7/h6-7H,4-5H2,1-3H3,(H,9,11). The van der Waals surface area contributed by atoms with E-state index in [9.17, 15) is 4.79 Å². The molecule has 0 radical (unpaired) electrons. The van der Waals surface area contributed by atoms with Crippen molar-refractivity contribution in [3.8, 4) is 0 Å². The number of hydrogen-bond donors (Lipinski definition) is 1. The number of rotatable bonds is 1. The first-order chi connectivity index (χ1) is 5.09. The van der Waals surface area contributed by atoms with Gasteiger partial charge in [0.2, 0.25) is 5.91 Å². The Balaban J connectivity index is 2.49. The predicted octanol–water partition coefficient (Wildman–Crippen LogP) is 0.0726. The van der Waals surface area contributed by atoms with Crippen LogP contribution in [0.4, 0.5) is 0 Å². The average molecular weight is 156 g/mol. The summed E-state index contributed by atoms with van der Waals surface area (Å²) in [5, 5.41) is 2.97. The topological polar surface area (TPSA) is 32.3 Å². The van der Waals surface area contributed by atoms with Gasteiger partial charge in [-0.2, -0.15) is 0 Å². The summed E-state index contributed by atoms with van der Waals surface area (Å²) in [7, 11) is 1.98. The van der Waals surface area contributed by atoms with Crippen LogP contribution in [-0.2, 0) is 4.79 Å². The minimum atomic E-state index is 0.150. The molecular weight excluding hydrogens is 140 g/mol. The number of hydrogen-bond acceptors (Lipinski definition) is 2. The molecule has 1 heterocycles. The molecule has 0 saturated carbocycles. The lowest BCUT2D eigenvalue weighted by Gasteiger charge is -2.32. The second-order valence-electron chi connectivity index (χ2n) is 3.61. The van der Waals surface area contributed by atoms with Crippen molar-refractivity contribution in [2.75, 3.05) is 20.1 Å². The van der Waals surface area contributed by atoms with Crippen molar-refractivity contribution in [1.29, 1.82) is 0 Å². The monoisotopic (exact) mass is 156 g/mol. The third-order valence-electron chi connectivity index (χ3n) is 2.07. The van der Waals surface area contributed by atoms with Gasteiger partial charge in [-0.15, -0.1) is 0 Å². The summed E-state index contributed by atoms with van der Waals surface area (Å²) >= 11 is 0. The van der Waals surface area contributed by atoms with Crippen LogP contribution in [0, 0.1) is 5.92 Å². The van der Waals surface area contributed by atoms with Crippen molar-refractivity contribution in [2.24, 2.45) is 5.92 Å².